The number of nitrogens with zero attached hydrogens (tertiary/aromatic N) is 1. The Morgan fingerprint density at radius 1 is 1.07 bits per heavy atom. The Hall–Kier alpha value is -2.38. The number of morpholine rings is 1. The van der Waals surface area contributed by atoms with E-state index in [-0.39, 0.29) is 11.9 Å². The summed E-state index contributed by atoms with van der Waals surface area (Å²) in [5, 5.41) is 2.92. The molecule has 0 saturated carbocycles. The van der Waals surface area contributed by atoms with E-state index >= 15 is 0 Å². The summed E-state index contributed by atoms with van der Waals surface area (Å²) in [4.78, 5) is 14.6. The molecule has 1 aliphatic heterocycles. The number of rotatable bonds is 5. The van der Waals surface area contributed by atoms with Gasteiger partial charge in [0.05, 0.1) is 24.8 Å². The van der Waals surface area contributed by atoms with Crippen LogP contribution in [0.25, 0.3) is 0 Å². The van der Waals surface area contributed by atoms with Crippen molar-refractivity contribution in [3.63, 3.8) is 0 Å². The Morgan fingerprint density at radius 3 is 2.25 bits per heavy atom. The predicted octanol–water partition coefficient (Wildman–Crippen LogP) is 3.82. The van der Waals surface area contributed by atoms with Crippen LogP contribution < -0.4 is 5.32 Å². The van der Waals surface area contributed by atoms with Crippen LogP contribution in [0, 0.1) is 6.92 Å². The first-order valence-corrected chi connectivity index (χ1v) is 9.18. The smallest absolute Gasteiger partial charge is 0.379 e. The maximum Gasteiger partial charge on any atom is 0.416 e. The van der Waals surface area contributed by atoms with Crippen LogP contribution in [0.3, 0.4) is 0 Å². The highest BCUT2D eigenvalue weighted by molar-refractivity contribution is 5.94. The summed E-state index contributed by atoms with van der Waals surface area (Å²) in [6.07, 6.45) is -4.37. The van der Waals surface area contributed by atoms with Crippen molar-refractivity contribution in [2.75, 3.05) is 32.8 Å². The van der Waals surface area contributed by atoms with E-state index in [0.717, 1.165) is 23.3 Å². The van der Waals surface area contributed by atoms with Gasteiger partial charge in [0.1, 0.15) is 0 Å². The number of alkyl halides is 3. The van der Waals surface area contributed by atoms with Crippen molar-refractivity contribution in [1.29, 1.82) is 0 Å². The number of carbonyl (C=O) groups is 1. The zero-order chi connectivity index (χ0) is 20.1. The van der Waals surface area contributed by atoms with Gasteiger partial charge in [0.25, 0.3) is 5.91 Å². The molecule has 1 unspecified atom stereocenters. The van der Waals surface area contributed by atoms with Gasteiger partial charge in [0, 0.05) is 25.2 Å². The zero-order valence-corrected chi connectivity index (χ0v) is 15.6. The van der Waals surface area contributed by atoms with Crippen LogP contribution in [-0.4, -0.2) is 43.7 Å². The van der Waals surface area contributed by atoms with E-state index in [1.807, 2.05) is 19.1 Å². The lowest BCUT2D eigenvalue weighted by Gasteiger charge is -2.35. The fourth-order valence-electron chi connectivity index (χ4n) is 3.24. The van der Waals surface area contributed by atoms with Crippen molar-refractivity contribution in [2.45, 2.75) is 19.1 Å². The molecule has 1 N–H and O–H groups in total. The van der Waals surface area contributed by atoms with E-state index in [1.54, 1.807) is 12.1 Å². The van der Waals surface area contributed by atoms with Gasteiger partial charge >= 0.3 is 6.18 Å². The molecule has 0 aromatic heterocycles. The molecule has 1 fully saturated rings. The first-order valence-electron chi connectivity index (χ1n) is 9.18. The molecule has 28 heavy (non-hydrogen) atoms. The zero-order valence-electron chi connectivity index (χ0n) is 15.6. The van der Waals surface area contributed by atoms with E-state index in [9.17, 15) is 18.0 Å². The lowest BCUT2D eigenvalue weighted by Crippen LogP contribution is -2.43. The minimum absolute atomic E-state index is 0.204. The fraction of sp³-hybridized carbons (Fsp3) is 0.381. The molecule has 0 spiro atoms. The van der Waals surface area contributed by atoms with E-state index in [2.05, 4.69) is 10.2 Å². The number of hydrogen-bond acceptors (Lipinski definition) is 3. The molecule has 1 atom stereocenters. The van der Waals surface area contributed by atoms with Crippen molar-refractivity contribution in [3.05, 3.63) is 70.8 Å². The second kappa shape index (κ2) is 8.75. The Balaban J connectivity index is 1.75. The Morgan fingerprint density at radius 2 is 1.68 bits per heavy atom. The van der Waals surface area contributed by atoms with Gasteiger partial charge in [0.15, 0.2) is 0 Å². The van der Waals surface area contributed by atoms with Crippen LogP contribution in [0.15, 0.2) is 48.5 Å². The fourth-order valence-corrected chi connectivity index (χ4v) is 3.24. The normalized spacial score (nSPS) is 16.6. The van der Waals surface area contributed by atoms with Crippen molar-refractivity contribution in [1.82, 2.24) is 10.2 Å². The SMILES string of the molecule is Cc1ccc(C(=O)NCC(c2ccc(C(F)(F)F)cc2)N2CCOCC2)cc1. The van der Waals surface area contributed by atoms with Gasteiger partial charge in [-0.3, -0.25) is 9.69 Å². The lowest BCUT2D eigenvalue weighted by molar-refractivity contribution is -0.137. The Bertz CT molecular complexity index is 783. The molecule has 0 radical (unpaired) electrons. The molecular formula is C21H23F3N2O2. The van der Waals surface area contributed by atoms with Crippen LogP contribution in [-0.2, 0) is 10.9 Å². The summed E-state index contributed by atoms with van der Waals surface area (Å²) in [5.41, 5.74) is 1.67. The maximum absolute atomic E-state index is 12.9. The van der Waals surface area contributed by atoms with E-state index < -0.39 is 11.7 Å². The Labute approximate surface area is 162 Å². The van der Waals surface area contributed by atoms with E-state index in [0.29, 0.717) is 38.4 Å². The highest BCUT2D eigenvalue weighted by atomic mass is 19.4. The molecule has 1 aliphatic rings. The van der Waals surface area contributed by atoms with Gasteiger partial charge in [-0.25, -0.2) is 0 Å². The third-order valence-electron chi connectivity index (χ3n) is 4.88. The number of halogens is 3. The average molecular weight is 392 g/mol. The predicted molar refractivity (Wildman–Crippen MR) is 100 cm³/mol. The summed E-state index contributed by atoms with van der Waals surface area (Å²) in [6, 6.07) is 12.2. The second-order valence-electron chi connectivity index (χ2n) is 6.86. The van der Waals surface area contributed by atoms with Crippen LogP contribution in [0.5, 0.6) is 0 Å². The number of nitrogens with one attached hydrogen (secondary N) is 1. The minimum atomic E-state index is -4.37. The van der Waals surface area contributed by atoms with Gasteiger partial charge < -0.3 is 10.1 Å². The molecule has 150 valence electrons. The average Bonchev–Trinajstić information content (AvgIpc) is 2.69. The molecule has 7 heteroatoms. The van der Waals surface area contributed by atoms with Gasteiger partial charge in [-0.1, -0.05) is 29.8 Å². The van der Waals surface area contributed by atoms with Crippen molar-refractivity contribution in [2.24, 2.45) is 0 Å². The van der Waals surface area contributed by atoms with Crippen LogP contribution in [0.4, 0.5) is 13.2 Å². The highest BCUT2D eigenvalue weighted by Crippen LogP contribution is 2.31. The second-order valence-corrected chi connectivity index (χ2v) is 6.86. The lowest BCUT2D eigenvalue weighted by atomic mass is 10.0. The standard InChI is InChI=1S/C21H23F3N2O2/c1-15-2-4-17(5-3-15)20(27)25-14-19(26-10-12-28-13-11-26)16-6-8-18(9-7-16)21(22,23)24/h2-9,19H,10-14H2,1H3,(H,25,27). The molecule has 1 heterocycles. The van der Waals surface area contributed by atoms with Crippen molar-refractivity contribution >= 4 is 5.91 Å². The number of amides is 1. The molecule has 3 rings (SSSR count). The van der Waals surface area contributed by atoms with Gasteiger partial charge in [-0.15, -0.1) is 0 Å². The quantitative estimate of drug-likeness (QED) is 0.841. The van der Waals surface area contributed by atoms with Gasteiger partial charge in [-0.2, -0.15) is 13.2 Å². The Kier molecular flexibility index (Phi) is 6.36. The van der Waals surface area contributed by atoms with Crippen LogP contribution >= 0.6 is 0 Å². The summed E-state index contributed by atoms with van der Waals surface area (Å²) in [6.45, 7) is 4.68. The summed E-state index contributed by atoms with van der Waals surface area (Å²) < 4.78 is 44.0. The van der Waals surface area contributed by atoms with Crippen LogP contribution in [0.2, 0.25) is 0 Å². The number of benzene rings is 2. The topological polar surface area (TPSA) is 41.6 Å². The molecule has 0 aliphatic carbocycles. The third kappa shape index (κ3) is 5.11. The number of aryl methyl sites for hydroxylation is 1. The van der Waals surface area contributed by atoms with Gasteiger partial charge in [0.2, 0.25) is 0 Å². The molecule has 1 amide bonds. The molecule has 4 nitrogen and oxygen atoms in total. The summed E-state index contributed by atoms with van der Waals surface area (Å²) in [7, 11) is 0. The van der Waals surface area contributed by atoms with E-state index in [4.69, 9.17) is 4.74 Å². The molecular weight excluding hydrogens is 369 g/mol. The number of hydrogen-bond donors (Lipinski definition) is 1. The molecule has 1 saturated heterocycles. The van der Waals surface area contributed by atoms with Crippen molar-refractivity contribution < 1.29 is 22.7 Å². The number of carbonyl (C=O) groups excluding carboxylic acids is 1. The minimum Gasteiger partial charge on any atom is -0.379 e. The third-order valence-corrected chi connectivity index (χ3v) is 4.88. The van der Waals surface area contributed by atoms with Crippen LogP contribution in [0.1, 0.15) is 33.1 Å². The number of ether oxygens (including phenoxy) is 1. The molecule has 0 bridgehead atoms. The molecule has 2 aromatic rings. The maximum atomic E-state index is 12.9. The summed E-state index contributed by atoms with van der Waals surface area (Å²) >= 11 is 0. The van der Waals surface area contributed by atoms with Crippen molar-refractivity contribution in [3.8, 4) is 0 Å². The first-order chi connectivity index (χ1) is 13.3. The summed E-state index contributed by atoms with van der Waals surface area (Å²) in [5.74, 6) is -0.204. The largest absolute Gasteiger partial charge is 0.416 e. The first kappa shape index (κ1) is 20.4. The van der Waals surface area contributed by atoms with E-state index in [1.165, 1.54) is 12.1 Å². The molecule has 2 aromatic carbocycles. The highest BCUT2D eigenvalue weighted by Gasteiger charge is 2.31. The monoisotopic (exact) mass is 392 g/mol. The van der Waals surface area contributed by atoms with Gasteiger partial charge in [-0.05, 0) is 36.8 Å².